The summed E-state index contributed by atoms with van der Waals surface area (Å²) in [7, 11) is 1.58. The van der Waals surface area contributed by atoms with Gasteiger partial charge in [0.05, 0.1) is 23.8 Å². The maximum absolute atomic E-state index is 14.1. The van der Waals surface area contributed by atoms with E-state index >= 15 is 0 Å². The maximum Gasteiger partial charge on any atom is 0.420 e. The third-order valence-electron chi connectivity index (χ3n) is 6.67. The Kier molecular flexibility index (Phi) is 7.01. The van der Waals surface area contributed by atoms with E-state index in [9.17, 15) is 22.8 Å². The molecule has 8 nitrogen and oxygen atoms in total. The number of halogens is 3. The van der Waals surface area contributed by atoms with Crippen molar-refractivity contribution in [3.63, 3.8) is 0 Å². The fourth-order valence-corrected chi connectivity index (χ4v) is 4.91. The second-order valence-electron chi connectivity index (χ2n) is 9.21. The molecule has 36 heavy (non-hydrogen) atoms. The van der Waals surface area contributed by atoms with Crippen LogP contribution >= 0.6 is 0 Å². The van der Waals surface area contributed by atoms with Gasteiger partial charge in [0.15, 0.2) is 5.69 Å². The van der Waals surface area contributed by atoms with Crippen LogP contribution in [0.15, 0.2) is 35.3 Å². The van der Waals surface area contributed by atoms with Crippen molar-refractivity contribution in [3.05, 3.63) is 47.8 Å². The van der Waals surface area contributed by atoms with E-state index in [0.717, 1.165) is 6.07 Å². The van der Waals surface area contributed by atoms with Crippen LogP contribution in [0.2, 0.25) is 0 Å². The van der Waals surface area contributed by atoms with Gasteiger partial charge in [0, 0.05) is 50.0 Å². The van der Waals surface area contributed by atoms with E-state index in [-0.39, 0.29) is 29.3 Å². The predicted molar refractivity (Wildman–Crippen MR) is 128 cm³/mol. The monoisotopic (exact) mass is 505 g/mol. The smallest absolute Gasteiger partial charge is 0.420 e. The number of hydrogen-bond donors (Lipinski definition) is 1. The average molecular weight is 506 g/mol. The van der Waals surface area contributed by atoms with Gasteiger partial charge in [-0.3, -0.25) is 4.79 Å². The highest BCUT2D eigenvalue weighted by molar-refractivity contribution is 5.95. The van der Waals surface area contributed by atoms with Crippen LogP contribution in [0.3, 0.4) is 0 Å². The number of fused-ring (bicyclic) bond motifs is 1. The Morgan fingerprint density at radius 1 is 1.25 bits per heavy atom. The molecule has 0 bridgehead atoms. The molecule has 0 spiro atoms. The fraction of sp³-hybridized carbons (Fsp3) is 0.480. The lowest BCUT2D eigenvalue weighted by Crippen LogP contribution is -2.51. The number of amides is 3. The molecule has 1 fully saturated rings. The van der Waals surface area contributed by atoms with Crippen molar-refractivity contribution in [1.29, 1.82) is 0 Å². The molecule has 0 atom stereocenters. The summed E-state index contributed by atoms with van der Waals surface area (Å²) in [4.78, 5) is 33.3. The SMILES string of the molecule is CCN(C(=O)NC)C1CCN(C(=O)c2nc3c(C(F)(F)F)cc(-c4ccoc4)cn3c2C(C)C)CC1. The van der Waals surface area contributed by atoms with E-state index in [1.54, 1.807) is 29.1 Å². The van der Waals surface area contributed by atoms with Crippen LogP contribution in [0.5, 0.6) is 0 Å². The van der Waals surface area contributed by atoms with Crippen LogP contribution in [0.25, 0.3) is 16.8 Å². The Morgan fingerprint density at radius 3 is 2.47 bits per heavy atom. The molecule has 0 aliphatic carbocycles. The zero-order valence-electron chi connectivity index (χ0n) is 20.7. The number of carbonyl (C=O) groups excluding carboxylic acids is 2. The minimum absolute atomic E-state index is 0.0148. The summed E-state index contributed by atoms with van der Waals surface area (Å²) in [6, 6.07) is 2.44. The number of piperidine rings is 1. The van der Waals surface area contributed by atoms with E-state index in [2.05, 4.69) is 10.3 Å². The van der Waals surface area contributed by atoms with E-state index in [0.29, 0.717) is 49.3 Å². The quantitative estimate of drug-likeness (QED) is 0.529. The Hall–Kier alpha value is -3.50. The van der Waals surface area contributed by atoms with Gasteiger partial charge in [-0.05, 0) is 37.8 Å². The summed E-state index contributed by atoms with van der Waals surface area (Å²) in [5.74, 6) is -0.664. The van der Waals surface area contributed by atoms with Gasteiger partial charge in [-0.25, -0.2) is 9.78 Å². The first kappa shape index (κ1) is 25.6. The number of likely N-dealkylation sites (tertiary alicyclic amines) is 1. The third-order valence-corrected chi connectivity index (χ3v) is 6.67. The number of nitrogens with zero attached hydrogens (tertiary/aromatic N) is 4. The molecule has 194 valence electrons. The van der Waals surface area contributed by atoms with E-state index in [4.69, 9.17) is 4.42 Å². The summed E-state index contributed by atoms with van der Waals surface area (Å²) in [6.07, 6.45) is 0.839. The second kappa shape index (κ2) is 9.87. The van der Waals surface area contributed by atoms with Gasteiger partial charge < -0.3 is 23.9 Å². The normalized spacial score (nSPS) is 15.1. The molecule has 3 amide bonds. The minimum Gasteiger partial charge on any atom is -0.472 e. The fourth-order valence-electron chi connectivity index (χ4n) is 4.91. The summed E-state index contributed by atoms with van der Waals surface area (Å²) in [5.41, 5.74) is 0.0535. The van der Waals surface area contributed by atoms with Crippen molar-refractivity contribution >= 4 is 17.6 Å². The number of imidazole rings is 1. The first-order valence-electron chi connectivity index (χ1n) is 12.0. The van der Waals surface area contributed by atoms with Gasteiger partial charge in [0.2, 0.25) is 0 Å². The van der Waals surface area contributed by atoms with Gasteiger partial charge in [-0.15, -0.1) is 0 Å². The molecule has 4 rings (SSSR count). The molecule has 1 saturated heterocycles. The summed E-state index contributed by atoms with van der Waals surface area (Å²) in [6.45, 7) is 6.86. The molecule has 11 heteroatoms. The molecule has 1 aliphatic heterocycles. The van der Waals surface area contributed by atoms with Crippen molar-refractivity contribution in [2.75, 3.05) is 26.7 Å². The number of pyridine rings is 1. The van der Waals surface area contributed by atoms with Crippen LogP contribution in [0.4, 0.5) is 18.0 Å². The molecule has 0 radical (unpaired) electrons. The van der Waals surface area contributed by atoms with Crippen molar-refractivity contribution in [2.45, 2.75) is 51.7 Å². The lowest BCUT2D eigenvalue weighted by molar-refractivity contribution is -0.136. The van der Waals surface area contributed by atoms with Gasteiger partial charge >= 0.3 is 12.2 Å². The van der Waals surface area contributed by atoms with Crippen LogP contribution in [0, 0.1) is 0 Å². The van der Waals surface area contributed by atoms with Crippen molar-refractivity contribution in [1.82, 2.24) is 24.5 Å². The number of aromatic nitrogens is 2. The van der Waals surface area contributed by atoms with Crippen LogP contribution < -0.4 is 5.32 Å². The zero-order valence-corrected chi connectivity index (χ0v) is 20.7. The minimum atomic E-state index is -4.66. The number of carbonyl (C=O) groups is 2. The van der Waals surface area contributed by atoms with Crippen LogP contribution in [-0.4, -0.2) is 63.8 Å². The number of hydrogen-bond acceptors (Lipinski definition) is 4. The topological polar surface area (TPSA) is 83.1 Å². The van der Waals surface area contributed by atoms with Crippen molar-refractivity contribution in [2.24, 2.45) is 0 Å². The van der Waals surface area contributed by atoms with Crippen LogP contribution in [0.1, 0.15) is 61.3 Å². The Labute approximate surface area is 207 Å². The molecule has 3 aromatic rings. The first-order chi connectivity index (χ1) is 17.1. The van der Waals surface area contributed by atoms with E-state index in [1.807, 2.05) is 20.8 Å². The number of furan rings is 1. The van der Waals surface area contributed by atoms with Gasteiger partial charge in [0.25, 0.3) is 5.91 Å². The Bertz CT molecular complexity index is 1240. The standard InChI is InChI=1S/C25H30F3N5O3/c1-5-32(24(35)29-4)18-6-9-31(10-7-18)23(34)20-21(15(2)3)33-13-17(16-8-11-36-14-16)12-19(22(33)30-20)25(26,27)28/h8,11-15,18H,5-7,9-10H2,1-4H3,(H,29,35). The molecular formula is C25H30F3N5O3. The summed E-state index contributed by atoms with van der Waals surface area (Å²) in [5, 5.41) is 2.64. The highest BCUT2D eigenvalue weighted by Gasteiger charge is 2.38. The predicted octanol–water partition coefficient (Wildman–Crippen LogP) is 5.00. The summed E-state index contributed by atoms with van der Waals surface area (Å²) >= 11 is 0. The largest absolute Gasteiger partial charge is 0.472 e. The highest BCUT2D eigenvalue weighted by Crippen LogP contribution is 2.37. The molecule has 1 aliphatic rings. The number of urea groups is 1. The van der Waals surface area contributed by atoms with Crippen LogP contribution in [-0.2, 0) is 6.18 Å². The average Bonchev–Trinajstić information content (AvgIpc) is 3.51. The molecular weight excluding hydrogens is 475 g/mol. The highest BCUT2D eigenvalue weighted by atomic mass is 19.4. The van der Waals surface area contributed by atoms with Crippen molar-refractivity contribution < 1.29 is 27.2 Å². The van der Waals surface area contributed by atoms with Gasteiger partial charge in [0.1, 0.15) is 5.65 Å². The van der Waals surface area contributed by atoms with E-state index < -0.39 is 17.6 Å². The number of rotatable bonds is 5. The molecule has 0 aromatic carbocycles. The summed E-state index contributed by atoms with van der Waals surface area (Å²) < 4.78 is 48.7. The zero-order chi connectivity index (χ0) is 26.2. The Morgan fingerprint density at radius 2 is 1.94 bits per heavy atom. The molecule has 0 unspecified atom stereocenters. The number of nitrogens with one attached hydrogen (secondary N) is 1. The molecule has 1 N–H and O–H groups in total. The van der Waals surface area contributed by atoms with Gasteiger partial charge in [-0.2, -0.15) is 13.2 Å². The van der Waals surface area contributed by atoms with E-state index in [1.165, 1.54) is 16.9 Å². The molecule has 4 heterocycles. The third kappa shape index (κ3) is 4.66. The molecule has 0 saturated carbocycles. The molecule has 3 aromatic heterocycles. The maximum atomic E-state index is 14.1. The number of alkyl halides is 3. The second-order valence-corrected chi connectivity index (χ2v) is 9.21. The van der Waals surface area contributed by atoms with Crippen molar-refractivity contribution in [3.8, 4) is 11.1 Å². The first-order valence-corrected chi connectivity index (χ1v) is 12.0. The van der Waals surface area contributed by atoms with Gasteiger partial charge in [-0.1, -0.05) is 13.8 Å². The Balaban J connectivity index is 1.72. The lowest BCUT2D eigenvalue weighted by atomic mass is 10.0. The lowest BCUT2D eigenvalue weighted by Gasteiger charge is -2.37.